The molecule has 2 aromatic carbocycles. The average molecular weight is 368 g/mol. The zero-order valence-electron chi connectivity index (χ0n) is 13.1. The van der Waals surface area contributed by atoms with Gasteiger partial charge in [-0.15, -0.1) is 0 Å². The molecule has 5 nitrogen and oxygen atoms in total. The molecule has 0 atom stereocenters. The Hall–Kier alpha value is -2.11. The van der Waals surface area contributed by atoms with Crippen LogP contribution in [-0.4, -0.2) is 18.3 Å². The van der Waals surface area contributed by atoms with Crippen LogP contribution in [0.5, 0.6) is 17.2 Å². The van der Waals surface area contributed by atoms with Crippen molar-refractivity contribution in [2.45, 2.75) is 19.4 Å². The Balaban J connectivity index is 1.75. The molecule has 1 heterocycles. The van der Waals surface area contributed by atoms with E-state index in [4.69, 9.17) is 37.4 Å². The summed E-state index contributed by atoms with van der Waals surface area (Å²) in [6.07, 6.45) is 0. The van der Waals surface area contributed by atoms with Gasteiger partial charge in [0.25, 0.3) is 5.91 Å². The molecule has 0 fully saturated rings. The van der Waals surface area contributed by atoms with Crippen molar-refractivity contribution >= 4 is 34.8 Å². The fourth-order valence-electron chi connectivity index (χ4n) is 2.13. The van der Waals surface area contributed by atoms with Gasteiger partial charge in [-0.3, -0.25) is 4.79 Å². The van der Waals surface area contributed by atoms with Gasteiger partial charge < -0.3 is 19.5 Å². The van der Waals surface area contributed by atoms with Crippen LogP contribution in [0.3, 0.4) is 0 Å². The Kier molecular flexibility index (Phi) is 4.47. The van der Waals surface area contributed by atoms with E-state index in [0.29, 0.717) is 33.0 Å². The van der Waals surface area contributed by atoms with Gasteiger partial charge in [-0.1, -0.05) is 23.2 Å². The number of carbonyl (C=O) groups is 1. The molecule has 7 heteroatoms. The highest BCUT2D eigenvalue weighted by Crippen LogP contribution is 2.39. The van der Waals surface area contributed by atoms with Gasteiger partial charge in [0.1, 0.15) is 5.75 Å². The largest absolute Gasteiger partial charge is 0.478 e. The smallest absolute Gasteiger partial charge is 0.268 e. The van der Waals surface area contributed by atoms with Crippen LogP contribution < -0.4 is 19.5 Å². The molecule has 24 heavy (non-hydrogen) atoms. The maximum Gasteiger partial charge on any atom is 0.268 e. The predicted molar refractivity (Wildman–Crippen MR) is 92.4 cm³/mol. The van der Waals surface area contributed by atoms with Gasteiger partial charge in [-0.05, 0) is 38.1 Å². The Morgan fingerprint density at radius 2 is 1.75 bits per heavy atom. The molecule has 0 spiro atoms. The predicted octanol–water partition coefficient (Wildman–Crippen LogP) is 4.52. The van der Waals surface area contributed by atoms with E-state index < -0.39 is 5.60 Å². The van der Waals surface area contributed by atoms with E-state index in [1.54, 1.807) is 50.2 Å². The van der Waals surface area contributed by atoms with Gasteiger partial charge >= 0.3 is 0 Å². The van der Waals surface area contributed by atoms with E-state index in [9.17, 15) is 4.79 Å². The summed E-state index contributed by atoms with van der Waals surface area (Å²) in [7, 11) is 0. The minimum atomic E-state index is -1.12. The number of halogens is 2. The third-order valence-electron chi connectivity index (χ3n) is 3.44. The van der Waals surface area contributed by atoms with Gasteiger partial charge in [0.2, 0.25) is 6.79 Å². The van der Waals surface area contributed by atoms with Crippen molar-refractivity contribution in [1.82, 2.24) is 0 Å². The van der Waals surface area contributed by atoms with Crippen molar-refractivity contribution < 1.29 is 19.0 Å². The molecule has 126 valence electrons. The summed E-state index contributed by atoms with van der Waals surface area (Å²) in [6.45, 7) is 3.46. The zero-order valence-corrected chi connectivity index (χ0v) is 14.6. The number of benzene rings is 2. The summed E-state index contributed by atoms with van der Waals surface area (Å²) in [5.74, 6) is 1.27. The maximum atomic E-state index is 12.6. The molecule has 0 saturated carbocycles. The Morgan fingerprint density at radius 3 is 2.42 bits per heavy atom. The molecule has 0 bridgehead atoms. The molecular formula is C17H15Cl2NO4. The van der Waals surface area contributed by atoms with Crippen molar-refractivity contribution in [2.24, 2.45) is 0 Å². The first-order valence-electron chi connectivity index (χ1n) is 7.20. The molecule has 1 N–H and O–H groups in total. The SMILES string of the molecule is CC(C)(Oc1ccc(Cl)cc1)C(=O)Nc1cc2c(cc1Cl)OCO2. The fourth-order valence-corrected chi connectivity index (χ4v) is 2.46. The minimum absolute atomic E-state index is 0.133. The van der Waals surface area contributed by atoms with Crippen LogP contribution in [0.2, 0.25) is 10.0 Å². The van der Waals surface area contributed by atoms with Gasteiger partial charge in [0, 0.05) is 17.2 Å². The van der Waals surface area contributed by atoms with Crippen LogP contribution >= 0.6 is 23.2 Å². The first kappa shape index (κ1) is 16.7. The summed E-state index contributed by atoms with van der Waals surface area (Å²) in [4.78, 5) is 12.6. The highest BCUT2D eigenvalue weighted by Gasteiger charge is 2.31. The van der Waals surface area contributed by atoms with E-state index in [-0.39, 0.29) is 12.7 Å². The van der Waals surface area contributed by atoms with Crippen LogP contribution in [0, 0.1) is 0 Å². The fraction of sp³-hybridized carbons (Fsp3) is 0.235. The number of anilines is 1. The van der Waals surface area contributed by atoms with Crippen molar-refractivity contribution in [2.75, 3.05) is 12.1 Å². The number of amides is 1. The number of carbonyl (C=O) groups excluding carboxylic acids is 1. The summed E-state index contributed by atoms with van der Waals surface area (Å²) >= 11 is 12.0. The second kappa shape index (κ2) is 6.42. The van der Waals surface area contributed by atoms with Crippen LogP contribution in [0.15, 0.2) is 36.4 Å². The molecule has 3 rings (SSSR count). The molecule has 1 amide bonds. The third-order valence-corrected chi connectivity index (χ3v) is 4.01. The number of rotatable bonds is 4. The third kappa shape index (κ3) is 3.52. The number of fused-ring (bicyclic) bond motifs is 1. The van der Waals surface area contributed by atoms with Gasteiger partial charge in [-0.2, -0.15) is 0 Å². The molecule has 1 aliphatic heterocycles. The quantitative estimate of drug-likeness (QED) is 0.862. The first-order valence-corrected chi connectivity index (χ1v) is 7.96. The second-order valence-corrected chi connectivity index (χ2v) is 6.55. The summed E-state index contributed by atoms with van der Waals surface area (Å²) in [5.41, 5.74) is -0.688. The standard InChI is InChI=1S/C17H15Cl2NO4/c1-17(2,24-11-5-3-10(18)4-6-11)16(21)20-13-8-15-14(7-12(13)19)22-9-23-15/h3-8H,9H2,1-2H3,(H,20,21). The minimum Gasteiger partial charge on any atom is -0.478 e. The lowest BCUT2D eigenvalue weighted by atomic mass is 10.1. The molecule has 0 aromatic heterocycles. The lowest BCUT2D eigenvalue weighted by Gasteiger charge is -2.25. The van der Waals surface area contributed by atoms with Crippen LogP contribution in [0.4, 0.5) is 5.69 Å². The molecular weight excluding hydrogens is 353 g/mol. The van der Waals surface area contributed by atoms with Crippen molar-refractivity contribution in [1.29, 1.82) is 0 Å². The number of nitrogens with one attached hydrogen (secondary N) is 1. The Morgan fingerprint density at radius 1 is 1.12 bits per heavy atom. The summed E-state index contributed by atoms with van der Waals surface area (Å²) in [6, 6.07) is 10.0. The van der Waals surface area contributed by atoms with E-state index in [1.165, 1.54) is 0 Å². The van der Waals surface area contributed by atoms with E-state index in [2.05, 4.69) is 5.32 Å². The van der Waals surface area contributed by atoms with E-state index in [0.717, 1.165) is 0 Å². The molecule has 0 aliphatic carbocycles. The molecule has 1 aliphatic rings. The Bertz CT molecular complexity index is 775. The van der Waals surface area contributed by atoms with Crippen LogP contribution in [0.25, 0.3) is 0 Å². The lowest BCUT2D eigenvalue weighted by molar-refractivity contribution is -0.128. The highest BCUT2D eigenvalue weighted by atomic mass is 35.5. The van der Waals surface area contributed by atoms with Crippen LogP contribution in [-0.2, 0) is 4.79 Å². The monoisotopic (exact) mass is 367 g/mol. The normalized spacial score (nSPS) is 12.8. The maximum absolute atomic E-state index is 12.6. The van der Waals surface area contributed by atoms with Crippen molar-refractivity contribution in [3.05, 3.63) is 46.4 Å². The zero-order chi connectivity index (χ0) is 17.3. The highest BCUT2D eigenvalue weighted by molar-refractivity contribution is 6.34. The number of hydrogen-bond acceptors (Lipinski definition) is 4. The van der Waals surface area contributed by atoms with Crippen LogP contribution in [0.1, 0.15) is 13.8 Å². The summed E-state index contributed by atoms with van der Waals surface area (Å²) < 4.78 is 16.3. The summed E-state index contributed by atoms with van der Waals surface area (Å²) in [5, 5.41) is 3.70. The number of ether oxygens (including phenoxy) is 3. The number of hydrogen-bond donors (Lipinski definition) is 1. The van der Waals surface area contributed by atoms with Gasteiger partial charge in [0.15, 0.2) is 17.1 Å². The lowest BCUT2D eigenvalue weighted by Crippen LogP contribution is -2.42. The van der Waals surface area contributed by atoms with E-state index >= 15 is 0 Å². The average Bonchev–Trinajstić information content (AvgIpc) is 2.96. The Labute approximate surface area is 149 Å². The molecule has 0 unspecified atom stereocenters. The molecule has 0 radical (unpaired) electrons. The topological polar surface area (TPSA) is 56.8 Å². The molecule has 2 aromatic rings. The molecule has 0 saturated heterocycles. The first-order chi connectivity index (χ1) is 11.3. The van der Waals surface area contributed by atoms with Gasteiger partial charge in [-0.25, -0.2) is 0 Å². The van der Waals surface area contributed by atoms with E-state index in [1.807, 2.05) is 0 Å². The van der Waals surface area contributed by atoms with Crippen molar-refractivity contribution in [3.63, 3.8) is 0 Å². The van der Waals surface area contributed by atoms with Gasteiger partial charge in [0.05, 0.1) is 10.7 Å². The second-order valence-electron chi connectivity index (χ2n) is 5.71. The van der Waals surface area contributed by atoms with Crippen molar-refractivity contribution in [3.8, 4) is 17.2 Å².